The predicted molar refractivity (Wildman–Crippen MR) is 54.9 cm³/mol. The molecule has 74 valence electrons. The van der Waals surface area contributed by atoms with E-state index in [0.717, 1.165) is 12.8 Å². The molecule has 0 aliphatic heterocycles. The van der Waals surface area contributed by atoms with Gasteiger partial charge in [-0.2, -0.15) is 0 Å². The Hall–Kier alpha value is -0.0100. The van der Waals surface area contributed by atoms with Crippen molar-refractivity contribution in [3.05, 3.63) is 12.7 Å². The van der Waals surface area contributed by atoms with Gasteiger partial charge in [0.1, 0.15) is 0 Å². The normalized spacial score (nSPS) is 58.9. The fourth-order valence-electron chi connectivity index (χ4n) is 3.18. The van der Waals surface area contributed by atoms with Crippen molar-refractivity contribution in [2.24, 2.45) is 11.3 Å². The maximum absolute atomic E-state index is 10.4. The minimum atomic E-state index is -0.601. The van der Waals surface area contributed by atoms with Gasteiger partial charge in [0.2, 0.25) is 0 Å². The monoisotopic (exact) mass is 200 g/mol. The Morgan fingerprint density at radius 3 is 2.62 bits per heavy atom. The van der Waals surface area contributed by atoms with E-state index in [0.29, 0.717) is 12.3 Å². The second-order valence-electron chi connectivity index (χ2n) is 5.00. The van der Waals surface area contributed by atoms with Gasteiger partial charge in [0.05, 0.1) is 10.5 Å². The molecule has 0 heterocycles. The molecule has 2 rings (SSSR count). The van der Waals surface area contributed by atoms with Crippen LogP contribution < -0.4 is 0 Å². The molecule has 2 aliphatic rings. The summed E-state index contributed by atoms with van der Waals surface area (Å²) in [4.78, 5) is -0.134. The number of alkyl halides is 1. The zero-order valence-corrected chi connectivity index (χ0v) is 9.06. The SMILES string of the molecule is C=CCC1(O)C[C@@H](C)[C@@]2(Cl)C[C@@]12C. The van der Waals surface area contributed by atoms with Crippen LogP contribution in [0.25, 0.3) is 0 Å². The van der Waals surface area contributed by atoms with E-state index in [1.807, 2.05) is 0 Å². The van der Waals surface area contributed by atoms with Gasteiger partial charge in [-0.1, -0.05) is 19.9 Å². The van der Waals surface area contributed by atoms with Crippen LogP contribution in [-0.2, 0) is 0 Å². The van der Waals surface area contributed by atoms with Gasteiger partial charge in [0.15, 0.2) is 0 Å². The summed E-state index contributed by atoms with van der Waals surface area (Å²) in [7, 11) is 0. The molecule has 1 unspecified atom stereocenters. The lowest BCUT2D eigenvalue weighted by atomic mass is 9.83. The fraction of sp³-hybridized carbons (Fsp3) is 0.818. The molecule has 2 saturated carbocycles. The molecule has 1 nitrogen and oxygen atoms in total. The van der Waals surface area contributed by atoms with Crippen LogP contribution in [0.4, 0.5) is 0 Å². The number of halogens is 1. The molecule has 13 heavy (non-hydrogen) atoms. The lowest BCUT2D eigenvalue weighted by Gasteiger charge is -2.30. The summed E-state index contributed by atoms with van der Waals surface area (Å²) in [6.45, 7) is 7.94. The van der Waals surface area contributed by atoms with Gasteiger partial charge < -0.3 is 5.11 Å². The Labute approximate surface area is 84.8 Å². The molecule has 1 N–H and O–H groups in total. The smallest absolute Gasteiger partial charge is 0.0755 e. The number of rotatable bonds is 2. The van der Waals surface area contributed by atoms with Crippen LogP contribution in [0.2, 0.25) is 0 Å². The van der Waals surface area contributed by atoms with E-state index in [1.54, 1.807) is 6.08 Å². The lowest BCUT2D eigenvalue weighted by molar-refractivity contribution is -0.0152. The van der Waals surface area contributed by atoms with Crippen LogP contribution in [0.3, 0.4) is 0 Å². The predicted octanol–water partition coefficient (Wildman–Crippen LogP) is 2.72. The van der Waals surface area contributed by atoms with Crippen molar-refractivity contribution in [3.63, 3.8) is 0 Å². The van der Waals surface area contributed by atoms with Crippen LogP contribution in [0.1, 0.15) is 33.1 Å². The summed E-state index contributed by atoms with van der Waals surface area (Å²) in [5, 5.41) is 10.4. The van der Waals surface area contributed by atoms with Crippen LogP contribution in [-0.4, -0.2) is 15.6 Å². The third-order valence-electron chi connectivity index (χ3n) is 4.34. The van der Waals surface area contributed by atoms with E-state index in [2.05, 4.69) is 20.4 Å². The van der Waals surface area contributed by atoms with Crippen molar-refractivity contribution in [1.29, 1.82) is 0 Å². The molecule has 0 bridgehead atoms. The van der Waals surface area contributed by atoms with Gasteiger partial charge in [-0.15, -0.1) is 18.2 Å². The molecule has 2 fully saturated rings. The first-order valence-electron chi connectivity index (χ1n) is 4.92. The molecule has 0 spiro atoms. The Morgan fingerprint density at radius 2 is 2.31 bits per heavy atom. The van der Waals surface area contributed by atoms with E-state index in [-0.39, 0.29) is 10.3 Å². The van der Waals surface area contributed by atoms with Crippen molar-refractivity contribution < 1.29 is 5.11 Å². The van der Waals surface area contributed by atoms with Gasteiger partial charge in [0, 0.05) is 5.41 Å². The van der Waals surface area contributed by atoms with Gasteiger partial charge >= 0.3 is 0 Å². The largest absolute Gasteiger partial charge is 0.389 e. The van der Waals surface area contributed by atoms with E-state index >= 15 is 0 Å². The lowest BCUT2D eigenvalue weighted by Crippen LogP contribution is -2.35. The standard InChI is InChI=1S/C11H17ClO/c1-4-5-10(13)6-8(2)11(12)7-9(10,11)3/h4,8,13H,1,5-7H2,2-3H3/t8-,9+,10?,11+/m1/s1. The Kier molecular flexibility index (Phi) is 1.70. The average Bonchev–Trinajstić information content (AvgIpc) is 2.53. The molecule has 0 radical (unpaired) electrons. The molecule has 2 heteroatoms. The van der Waals surface area contributed by atoms with Crippen molar-refractivity contribution >= 4 is 11.6 Å². The highest BCUT2D eigenvalue weighted by molar-refractivity contribution is 6.27. The number of aliphatic hydroxyl groups is 1. The van der Waals surface area contributed by atoms with Crippen molar-refractivity contribution in [1.82, 2.24) is 0 Å². The molecule has 0 aromatic heterocycles. The zero-order chi connectivity index (χ0) is 9.91. The minimum Gasteiger partial charge on any atom is -0.389 e. The van der Waals surface area contributed by atoms with Crippen molar-refractivity contribution in [2.75, 3.05) is 0 Å². The number of fused-ring (bicyclic) bond motifs is 1. The first-order valence-corrected chi connectivity index (χ1v) is 5.30. The molecular weight excluding hydrogens is 184 g/mol. The molecule has 4 atom stereocenters. The second kappa shape index (κ2) is 2.32. The van der Waals surface area contributed by atoms with Crippen LogP contribution in [0.5, 0.6) is 0 Å². The first kappa shape index (κ1) is 9.54. The Balaban J connectivity index is 2.31. The summed E-state index contributed by atoms with van der Waals surface area (Å²) in [5.74, 6) is 0.420. The molecule has 0 amide bonds. The van der Waals surface area contributed by atoms with Crippen molar-refractivity contribution in [2.45, 2.75) is 43.6 Å². The summed E-state index contributed by atoms with van der Waals surface area (Å²) in [6, 6.07) is 0. The topological polar surface area (TPSA) is 20.2 Å². The Morgan fingerprint density at radius 1 is 1.69 bits per heavy atom. The maximum atomic E-state index is 10.4. The first-order chi connectivity index (χ1) is 5.90. The van der Waals surface area contributed by atoms with Crippen LogP contribution in [0, 0.1) is 11.3 Å². The summed E-state index contributed by atoms with van der Waals surface area (Å²) in [6.07, 6.45) is 4.24. The van der Waals surface area contributed by atoms with E-state index in [1.165, 1.54) is 0 Å². The fourth-order valence-corrected chi connectivity index (χ4v) is 3.70. The van der Waals surface area contributed by atoms with Gasteiger partial charge in [0.25, 0.3) is 0 Å². The zero-order valence-electron chi connectivity index (χ0n) is 8.31. The van der Waals surface area contributed by atoms with E-state index < -0.39 is 5.60 Å². The second-order valence-corrected chi connectivity index (χ2v) is 5.68. The minimum absolute atomic E-state index is 0.0742. The van der Waals surface area contributed by atoms with Gasteiger partial charge in [-0.3, -0.25) is 0 Å². The number of hydrogen-bond acceptors (Lipinski definition) is 1. The Bertz CT molecular complexity index is 265. The highest BCUT2D eigenvalue weighted by Crippen LogP contribution is 2.77. The van der Waals surface area contributed by atoms with Crippen LogP contribution >= 0.6 is 11.6 Å². The molecular formula is C11H17ClO. The summed E-state index contributed by atoms with van der Waals surface area (Å²) < 4.78 is 0. The van der Waals surface area contributed by atoms with E-state index in [9.17, 15) is 5.11 Å². The highest BCUT2D eigenvalue weighted by atomic mass is 35.5. The highest BCUT2D eigenvalue weighted by Gasteiger charge is 2.79. The third kappa shape index (κ3) is 0.875. The molecule has 2 aliphatic carbocycles. The molecule has 0 aromatic carbocycles. The van der Waals surface area contributed by atoms with Gasteiger partial charge in [-0.05, 0) is 25.2 Å². The quantitative estimate of drug-likeness (QED) is 0.537. The maximum Gasteiger partial charge on any atom is 0.0755 e. The molecule has 0 aromatic rings. The van der Waals surface area contributed by atoms with Crippen molar-refractivity contribution in [3.8, 4) is 0 Å². The van der Waals surface area contributed by atoms with E-state index in [4.69, 9.17) is 11.6 Å². The van der Waals surface area contributed by atoms with Crippen LogP contribution in [0.15, 0.2) is 12.7 Å². The summed E-state index contributed by atoms with van der Waals surface area (Å²) in [5.41, 5.74) is -0.676. The molecule has 0 saturated heterocycles. The summed E-state index contributed by atoms with van der Waals surface area (Å²) >= 11 is 6.46. The average molecular weight is 201 g/mol. The third-order valence-corrected chi connectivity index (χ3v) is 5.26. The van der Waals surface area contributed by atoms with Gasteiger partial charge in [-0.25, -0.2) is 0 Å². The number of hydrogen-bond donors (Lipinski definition) is 1.